The largest absolute Gasteiger partial charge is 0.462 e. The molecule has 2 N–H and O–H groups in total. The minimum Gasteiger partial charge on any atom is -0.462 e. The van der Waals surface area contributed by atoms with Crippen molar-refractivity contribution in [1.82, 2.24) is 5.32 Å². The van der Waals surface area contributed by atoms with Gasteiger partial charge in [-0.05, 0) is 57.1 Å². The van der Waals surface area contributed by atoms with E-state index in [-0.39, 0.29) is 25.0 Å². The van der Waals surface area contributed by atoms with Crippen molar-refractivity contribution >= 4 is 35.4 Å². The Morgan fingerprint density at radius 1 is 1.00 bits per heavy atom. The molecule has 4 aliphatic carbocycles. The van der Waals surface area contributed by atoms with Crippen LogP contribution >= 0.6 is 0 Å². The maximum absolute atomic E-state index is 17.8. The Bertz CT molecular complexity index is 1810. The van der Waals surface area contributed by atoms with E-state index in [2.05, 4.69) is 19.8 Å². The predicted molar refractivity (Wildman–Crippen MR) is 188 cm³/mol. The number of aliphatic hydroxyl groups is 1. The maximum Gasteiger partial charge on any atom is 0.329 e. The number of Topliss-reactive ketones (excluding diaryl/α,β-unsaturated/α-hetero) is 1. The lowest BCUT2D eigenvalue weighted by molar-refractivity contribution is -0.790. The second kappa shape index (κ2) is 18.0. The highest BCUT2D eigenvalue weighted by molar-refractivity contribution is 6.01. The van der Waals surface area contributed by atoms with Crippen LogP contribution in [0.3, 0.4) is 0 Å². The fourth-order valence-corrected chi connectivity index (χ4v) is 9.55. The Balaban J connectivity index is 1.58. The average molecular weight is 845 g/mol. The summed E-state index contributed by atoms with van der Waals surface area (Å²) >= 11 is 0. The summed E-state index contributed by atoms with van der Waals surface area (Å²) in [5.41, 5.74) is -6.88. The number of halogens is 1. The number of carbonyl (C=O) groups is 6. The van der Waals surface area contributed by atoms with Gasteiger partial charge in [0, 0.05) is 36.0 Å². The van der Waals surface area contributed by atoms with Crippen LogP contribution in [0.5, 0.6) is 0 Å². The third-order valence-corrected chi connectivity index (χ3v) is 12.0. The number of esters is 3. The molecule has 326 valence electrons. The number of nitrogens with zero attached hydrogens (tertiary/aromatic N) is 3. The van der Waals surface area contributed by atoms with Gasteiger partial charge in [0.15, 0.2) is 29.8 Å². The predicted octanol–water partition coefficient (Wildman–Crippen LogP) is 1.21. The summed E-state index contributed by atoms with van der Waals surface area (Å²) < 4.78 is 34.0. The highest BCUT2D eigenvalue weighted by atomic mass is 19.1. The topological polar surface area (TPSA) is 319 Å². The SMILES string of the molecule is CC(=O)NC(CC(=O)OCC(=O)[C@@]1(OC(=O)CCCO[N+](=O)[O-])[C@H](C)CC2C3CCC4=CC(=O)C=C[C@]4(C)[C@@]3(F)[C@@H](O)C[C@@]21C)C(=O)OCC(CO[N+](=O)[O-])O[N+](=O)[O-]. The number of nitrogens with one attached hydrogen (secondary N) is 1. The Labute approximate surface area is 334 Å². The fourth-order valence-electron chi connectivity index (χ4n) is 9.55. The highest BCUT2D eigenvalue weighted by Gasteiger charge is 2.77. The van der Waals surface area contributed by atoms with Gasteiger partial charge in [-0.2, -0.15) is 0 Å². The van der Waals surface area contributed by atoms with E-state index >= 15 is 4.39 Å². The molecule has 0 spiro atoms. The molecule has 3 fully saturated rings. The van der Waals surface area contributed by atoms with Crippen LogP contribution in [-0.4, -0.2) is 112 Å². The Morgan fingerprint density at radius 3 is 2.31 bits per heavy atom. The summed E-state index contributed by atoms with van der Waals surface area (Å²) in [6, 6.07) is -1.81. The molecule has 59 heavy (non-hydrogen) atoms. The third-order valence-electron chi connectivity index (χ3n) is 12.0. The van der Waals surface area contributed by atoms with E-state index in [9.17, 15) is 64.2 Å². The maximum atomic E-state index is 17.8. The van der Waals surface area contributed by atoms with Crippen LogP contribution in [0, 0.1) is 58.9 Å². The van der Waals surface area contributed by atoms with E-state index in [0.717, 1.165) is 6.92 Å². The lowest BCUT2D eigenvalue weighted by atomic mass is 9.44. The molecule has 0 aromatic carbocycles. The first kappa shape index (κ1) is 45.9. The van der Waals surface area contributed by atoms with Gasteiger partial charge in [0.05, 0.1) is 19.1 Å². The highest BCUT2D eigenvalue weighted by Crippen LogP contribution is 2.71. The number of ether oxygens (including phenoxy) is 3. The van der Waals surface area contributed by atoms with E-state index in [0.29, 0.717) is 12.0 Å². The van der Waals surface area contributed by atoms with E-state index in [4.69, 9.17) is 14.2 Å². The Morgan fingerprint density at radius 2 is 1.68 bits per heavy atom. The van der Waals surface area contributed by atoms with Gasteiger partial charge in [-0.1, -0.05) is 25.5 Å². The molecule has 4 rings (SSSR count). The number of carbonyl (C=O) groups excluding carboxylic acids is 6. The zero-order valence-corrected chi connectivity index (χ0v) is 32.5. The molecule has 0 aromatic rings. The number of ketones is 2. The first-order valence-corrected chi connectivity index (χ1v) is 18.5. The minimum atomic E-state index is -2.32. The van der Waals surface area contributed by atoms with Gasteiger partial charge in [0.2, 0.25) is 11.7 Å². The van der Waals surface area contributed by atoms with Crippen molar-refractivity contribution in [2.45, 2.75) is 102 Å². The van der Waals surface area contributed by atoms with Gasteiger partial charge in [0.1, 0.15) is 19.3 Å². The lowest BCUT2D eigenvalue weighted by Gasteiger charge is -2.62. The molecule has 4 unspecified atom stereocenters. The van der Waals surface area contributed by atoms with Crippen molar-refractivity contribution in [3.05, 3.63) is 54.1 Å². The molecular weight excluding hydrogens is 799 g/mol. The molecule has 4 aliphatic rings. The summed E-state index contributed by atoms with van der Waals surface area (Å²) in [5.74, 6) is -8.33. The molecular formula is C35H45FN4O19. The molecule has 0 aliphatic heterocycles. The lowest BCUT2D eigenvalue weighted by Crippen LogP contribution is -2.70. The molecule has 0 radical (unpaired) electrons. The zero-order valence-electron chi connectivity index (χ0n) is 32.5. The summed E-state index contributed by atoms with van der Waals surface area (Å²) in [7, 11) is 0. The number of hydrogen-bond donors (Lipinski definition) is 2. The van der Waals surface area contributed by atoms with Crippen LogP contribution in [0.1, 0.15) is 72.6 Å². The summed E-state index contributed by atoms with van der Waals surface area (Å²) in [5, 5.41) is 42.2. The Hall–Kier alpha value is -5.81. The number of aliphatic hydroxyl groups excluding tert-OH is 1. The summed E-state index contributed by atoms with van der Waals surface area (Å²) in [4.78, 5) is 123. The zero-order chi connectivity index (χ0) is 44.1. The van der Waals surface area contributed by atoms with Crippen LogP contribution in [0.15, 0.2) is 23.8 Å². The normalized spacial score (nSPS) is 31.4. The van der Waals surface area contributed by atoms with Crippen LogP contribution < -0.4 is 5.32 Å². The average Bonchev–Trinajstić information content (AvgIpc) is 3.35. The van der Waals surface area contributed by atoms with E-state index < -0.39 is 149 Å². The van der Waals surface area contributed by atoms with Crippen LogP contribution in [0.4, 0.5) is 4.39 Å². The molecule has 0 bridgehead atoms. The van der Waals surface area contributed by atoms with Crippen LogP contribution in [-0.2, 0) is 57.5 Å². The first-order valence-electron chi connectivity index (χ1n) is 18.5. The van der Waals surface area contributed by atoms with E-state index in [1.165, 1.54) is 18.2 Å². The Kier molecular flexibility index (Phi) is 14.0. The molecule has 23 nitrogen and oxygen atoms in total. The fraction of sp³-hybridized carbons (Fsp3) is 0.714. The van der Waals surface area contributed by atoms with Crippen molar-refractivity contribution in [3.63, 3.8) is 0 Å². The van der Waals surface area contributed by atoms with Crippen molar-refractivity contribution in [2.75, 3.05) is 26.4 Å². The number of hydrogen-bond acceptors (Lipinski definition) is 19. The molecule has 0 aromatic heterocycles. The first-order chi connectivity index (χ1) is 27.5. The molecule has 1 amide bonds. The van der Waals surface area contributed by atoms with Gasteiger partial charge < -0.3 is 39.1 Å². The molecule has 0 heterocycles. The minimum absolute atomic E-state index is 0.0963. The molecule has 24 heteroatoms. The van der Waals surface area contributed by atoms with Crippen molar-refractivity contribution in [3.8, 4) is 0 Å². The third kappa shape index (κ3) is 9.25. The smallest absolute Gasteiger partial charge is 0.329 e. The van der Waals surface area contributed by atoms with Crippen molar-refractivity contribution < 1.29 is 82.2 Å². The van der Waals surface area contributed by atoms with Gasteiger partial charge in [-0.25, -0.2) is 9.18 Å². The molecule has 3 saturated carbocycles. The second-order valence-corrected chi connectivity index (χ2v) is 15.4. The molecule has 0 saturated heterocycles. The van der Waals surface area contributed by atoms with Crippen molar-refractivity contribution in [1.29, 1.82) is 0 Å². The standard InChI is InChI=1S/C35H45FN4O19/c1-19-12-25-24-8-7-21-13-22(42)9-10-32(21,3)34(24,36)27(43)15-33(25,4)35(19,58-29(45)6-5-11-56-38(48)49)28(44)18-54-30(46)14-26(37-20(2)41)31(47)55-16-23(59-40(52)53)17-57-39(50)51/h9-10,13,19,23-27,43H,5-8,11-12,14-18H2,1-4H3,(H,37,41)/t19-,23?,24?,25?,26?,27+,32+,33+,34+,35+/m1/s1. The number of alkyl halides is 1. The molecule has 10 atom stereocenters. The monoisotopic (exact) mass is 844 g/mol. The van der Waals surface area contributed by atoms with Gasteiger partial charge >= 0.3 is 17.9 Å². The quantitative estimate of drug-likeness (QED) is 0.0572. The van der Waals surface area contributed by atoms with Crippen LogP contribution in [0.25, 0.3) is 0 Å². The van der Waals surface area contributed by atoms with E-state index in [1.807, 2.05) is 0 Å². The summed E-state index contributed by atoms with van der Waals surface area (Å²) in [6.45, 7) is 2.08. The number of fused-ring (bicyclic) bond motifs is 5. The summed E-state index contributed by atoms with van der Waals surface area (Å²) in [6.07, 6.45) is -1.04. The van der Waals surface area contributed by atoms with Crippen LogP contribution in [0.2, 0.25) is 0 Å². The van der Waals surface area contributed by atoms with E-state index in [1.54, 1.807) is 20.8 Å². The van der Waals surface area contributed by atoms with Gasteiger partial charge in [-0.15, -0.1) is 30.3 Å². The number of amides is 1. The number of rotatable bonds is 20. The van der Waals surface area contributed by atoms with Gasteiger partial charge in [-0.3, -0.25) is 24.0 Å². The van der Waals surface area contributed by atoms with Gasteiger partial charge in [0.25, 0.3) is 15.3 Å². The van der Waals surface area contributed by atoms with Crippen molar-refractivity contribution in [2.24, 2.45) is 28.6 Å². The number of allylic oxidation sites excluding steroid dienone is 4. The second-order valence-electron chi connectivity index (χ2n) is 15.4.